The zero-order valence-corrected chi connectivity index (χ0v) is 19.0. The molecule has 0 radical (unpaired) electrons. The number of carbonyl (C=O) groups is 2. The molecule has 1 atom stereocenters. The first-order valence-corrected chi connectivity index (χ1v) is 10.7. The van der Waals surface area contributed by atoms with Crippen LogP contribution in [0.25, 0.3) is 11.4 Å². The van der Waals surface area contributed by atoms with Crippen LogP contribution in [0.1, 0.15) is 23.7 Å². The third kappa shape index (κ3) is 5.39. The van der Waals surface area contributed by atoms with E-state index in [0.717, 1.165) is 29.4 Å². The first-order chi connectivity index (χ1) is 17.2. The molecule has 1 aromatic carbocycles. The molecule has 0 aliphatic carbocycles. The highest BCUT2D eigenvalue weighted by atomic mass is 19.1. The molecular formula is C21H21F3N10O2. The number of halogens is 3. The highest BCUT2D eigenvalue weighted by Gasteiger charge is 2.29. The molecule has 1 aliphatic rings. The molecule has 36 heavy (non-hydrogen) atoms. The van der Waals surface area contributed by atoms with E-state index in [1.54, 1.807) is 6.92 Å². The van der Waals surface area contributed by atoms with Gasteiger partial charge >= 0.3 is 6.03 Å². The Labute approximate surface area is 202 Å². The Morgan fingerprint density at radius 1 is 1.14 bits per heavy atom. The minimum absolute atomic E-state index is 0.0665. The van der Waals surface area contributed by atoms with Crippen LogP contribution in [0.15, 0.2) is 29.5 Å². The third-order valence-corrected chi connectivity index (χ3v) is 5.25. The molecule has 1 aliphatic heterocycles. The van der Waals surface area contributed by atoms with Crippen LogP contribution in [0.5, 0.6) is 0 Å². The van der Waals surface area contributed by atoms with Crippen molar-refractivity contribution >= 4 is 24.1 Å². The number of nitrogens with two attached hydrogens (primary N) is 1. The summed E-state index contributed by atoms with van der Waals surface area (Å²) >= 11 is 0. The van der Waals surface area contributed by atoms with Gasteiger partial charge in [0.1, 0.15) is 29.6 Å². The second kappa shape index (κ2) is 10.4. The summed E-state index contributed by atoms with van der Waals surface area (Å²) in [5.74, 6) is -2.79. The second-order valence-electron chi connectivity index (χ2n) is 7.79. The number of amides is 3. The van der Waals surface area contributed by atoms with Crippen molar-refractivity contribution in [3.05, 3.63) is 53.1 Å². The van der Waals surface area contributed by atoms with E-state index in [-0.39, 0.29) is 42.5 Å². The summed E-state index contributed by atoms with van der Waals surface area (Å²) in [5.41, 5.74) is 5.84. The van der Waals surface area contributed by atoms with E-state index in [9.17, 15) is 22.8 Å². The molecule has 0 fully saturated rings. The molecule has 0 bridgehead atoms. The SMILES string of the molecule is Cc1c(-c2nc(NCCNC(=O)N3N=CC[C@H]3c3cc(F)cc(F)c3)ncc2F)nnn1CC(N)=O. The third-order valence-electron chi connectivity index (χ3n) is 5.25. The molecule has 0 unspecified atom stereocenters. The molecule has 0 saturated heterocycles. The molecule has 15 heteroatoms. The van der Waals surface area contributed by atoms with E-state index in [4.69, 9.17) is 5.73 Å². The zero-order chi connectivity index (χ0) is 25.8. The number of aromatic nitrogens is 5. The fourth-order valence-corrected chi connectivity index (χ4v) is 3.57. The van der Waals surface area contributed by atoms with Gasteiger partial charge in [0.15, 0.2) is 5.82 Å². The van der Waals surface area contributed by atoms with Crippen LogP contribution in [0.4, 0.5) is 23.9 Å². The van der Waals surface area contributed by atoms with Crippen LogP contribution in [-0.2, 0) is 11.3 Å². The lowest BCUT2D eigenvalue weighted by Crippen LogP contribution is -2.39. The van der Waals surface area contributed by atoms with Gasteiger partial charge in [0.2, 0.25) is 11.9 Å². The molecular weight excluding hydrogens is 481 g/mol. The van der Waals surface area contributed by atoms with E-state index in [1.807, 2.05) is 0 Å². The van der Waals surface area contributed by atoms with Gasteiger partial charge < -0.3 is 16.4 Å². The van der Waals surface area contributed by atoms with Crippen LogP contribution in [-0.4, -0.2) is 61.2 Å². The molecule has 0 spiro atoms. The summed E-state index contributed by atoms with van der Waals surface area (Å²) in [4.78, 5) is 31.7. The Bertz CT molecular complexity index is 1310. The molecule has 3 amide bonds. The number of nitrogens with zero attached hydrogens (tertiary/aromatic N) is 7. The smallest absolute Gasteiger partial charge is 0.338 e. The number of hydrogen-bond donors (Lipinski definition) is 3. The number of hydrogen-bond acceptors (Lipinski definition) is 8. The van der Waals surface area contributed by atoms with Crippen molar-refractivity contribution in [3.8, 4) is 11.4 Å². The van der Waals surface area contributed by atoms with Crippen LogP contribution < -0.4 is 16.4 Å². The topological polar surface area (TPSA) is 156 Å². The maximum atomic E-state index is 14.4. The lowest BCUT2D eigenvalue weighted by Gasteiger charge is -2.22. The molecule has 3 aromatic rings. The van der Waals surface area contributed by atoms with Crippen LogP contribution >= 0.6 is 0 Å². The van der Waals surface area contributed by atoms with Crippen LogP contribution in [0.3, 0.4) is 0 Å². The summed E-state index contributed by atoms with van der Waals surface area (Å²) < 4.78 is 42.8. The van der Waals surface area contributed by atoms with Gasteiger partial charge in [0.05, 0.1) is 17.9 Å². The van der Waals surface area contributed by atoms with Gasteiger partial charge in [-0.1, -0.05) is 5.21 Å². The van der Waals surface area contributed by atoms with Gasteiger partial charge in [-0.3, -0.25) is 4.79 Å². The van der Waals surface area contributed by atoms with Crippen molar-refractivity contribution in [2.45, 2.75) is 25.9 Å². The monoisotopic (exact) mass is 502 g/mol. The predicted molar refractivity (Wildman–Crippen MR) is 121 cm³/mol. The van der Waals surface area contributed by atoms with Gasteiger partial charge in [-0.15, -0.1) is 5.10 Å². The van der Waals surface area contributed by atoms with Crippen LogP contribution in [0, 0.1) is 24.4 Å². The number of rotatable bonds is 8. The van der Waals surface area contributed by atoms with Crippen molar-refractivity contribution in [3.63, 3.8) is 0 Å². The minimum atomic E-state index is -0.745. The Hall–Kier alpha value is -4.56. The van der Waals surface area contributed by atoms with Gasteiger partial charge in [-0.05, 0) is 24.6 Å². The summed E-state index contributed by atoms with van der Waals surface area (Å²) in [5, 5.41) is 18.3. The Morgan fingerprint density at radius 3 is 2.61 bits per heavy atom. The summed E-state index contributed by atoms with van der Waals surface area (Å²) in [6.45, 7) is 1.65. The fraction of sp³-hybridized carbons (Fsp3) is 0.286. The number of urea groups is 1. The number of nitrogens with one attached hydrogen (secondary N) is 2. The Kier molecular flexibility index (Phi) is 7.07. The maximum Gasteiger partial charge on any atom is 0.338 e. The molecule has 3 heterocycles. The summed E-state index contributed by atoms with van der Waals surface area (Å²) in [7, 11) is 0. The average molecular weight is 502 g/mol. The minimum Gasteiger partial charge on any atom is -0.368 e. The van der Waals surface area contributed by atoms with E-state index in [2.05, 4.69) is 36.0 Å². The fourth-order valence-electron chi connectivity index (χ4n) is 3.57. The van der Waals surface area contributed by atoms with Crippen molar-refractivity contribution in [1.82, 2.24) is 35.3 Å². The normalized spacial score (nSPS) is 14.8. The molecule has 0 saturated carbocycles. The molecule has 4 N–H and O–H groups in total. The molecule has 2 aromatic heterocycles. The second-order valence-corrected chi connectivity index (χ2v) is 7.79. The number of benzene rings is 1. The molecule has 188 valence electrons. The van der Waals surface area contributed by atoms with Crippen molar-refractivity contribution in [1.29, 1.82) is 0 Å². The number of primary amides is 1. The first kappa shape index (κ1) is 24.6. The molecule has 4 rings (SSSR count). The van der Waals surface area contributed by atoms with E-state index in [0.29, 0.717) is 12.1 Å². The number of anilines is 1. The largest absolute Gasteiger partial charge is 0.368 e. The lowest BCUT2D eigenvalue weighted by atomic mass is 10.0. The highest BCUT2D eigenvalue weighted by Crippen LogP contribution is 2.29. The maximum absolute atomic E-state index is 14.4. The van der Waals surface area contributed by atoms with Gasteiger partial charge in [0, 0.05) is 31.8 Å². The summed E-state index contributed by atoms with van der Waals surface area (Å²) in [6.07, 6.45) is 2.75. The number of hydrazone groups is 1. The predicted octanol–water partition coefficient (Wildman–Crippen LogP) is 1.50. The van der Waals surface area contributed by atoms with Gasteiger partial charge in [0.25, 0.3) is 0 Å². The zero-order valence-electron chi connectivity index (χ0n) is 19.0. The lowest BCUT2D eigenvalue weighted by molar-refractivity contribution is -0.118. The van der Waals surface area contributed by atoms with E-state index >= 15 is 0 Å². The Morgan fingerprint density at radius 2 is 1.89 bits per heavy atom. The van der Waals surface area contributed by atoms with Gasteiger partial charge in [-0.2, -0.15) is 5.10 Å². The van der Waals surface area contributed by atoms with E-state index in [1.165, 1.54) is 10.9 Å². The highest BCUT2D eigenvalue weighted by molar-refractivity contribution is 5.78. The molecule has 12 nitrogen and oxygen atoms in total. The summed E-state index contributed by atoms with van der Waals surface area (Å²) in [6, 6.07) is 1.85. The van der Waals surface area contributed by atoms with Crippen molar-refractivity contribution in [2.24, 2.45) is 10.8 Å². The number of carbonyl (C=O) groups excluding carboxylic acids is 2. The van der Waals surface area contributed by atoms with E-state index < -0.39 is 35.4 Å². The quantitative estimate of drug-likeness (QED) is 0.394. The van der Waals surface area contributed by atoms with Crippen molar-refractivity contribution in [2.75, 3.05) is 18.4 Å². The average Bonchev–Trinajstić information content (AvgIpc) is 3.44. The standard InChI is InChI=1S/C21H21F3N10O2/c1-11-18(31-32-33(11)10-17(25)35)19-15(24)9-28-20(30-19)26-4-5-27-21(36)34-16(2-3-29-34)12-6-13(22)8-14(23)7-12/h3,6-9,16H,2,4-5,10H2,1H3,(H2,25,35)(H,27,36)(H,26,28,30)/t16-/m0/s1. The first-order valence-electron chi connectivity index (χ1n) is 10.7. The van der Waals surface area contributed by atoms with Crippen LogP contribution in [0.2, 0.25) is 0 Å². The Balaban J connectivity index is 1.35. The van der Waals surface area contributed by atoms with Gasteiger partial charge in [-0.25, -0.2) is 37.6 Å². The van der Waals surface area contributed by atoms with Crippen molar-refractivity contribution < 1.29 is 22.8 Å².